The molecule has 2 aliphatic rings. The molecule has 0 radical (unpaired) electrons. The van der Waals surface area contributed by atoms with E-state index in [4.69, 9.17) is 4.52 Å². The van der Waals surface area contributed by atoms with Crippen LogP contribution in [0.15, 0.2) is 10.9 Å². The van der Waals surface area contributed by atoms with E-state index in [0.29, 0.717) is 0 Å². The smallest absolute Gasteiger partial charge is 0.213 e. The molecule has 0 aromatic carbocycles. The van der Waals surface area contributed by atoms with Crippen LogP contribution in [0.4, 0.5) is 0 Å². The first-order valence-electron chi connectivity index (χ1n) is 6.63. The molecule has 1 unspecified atom stereocenters. The lowest BCUT2D eigenvalue weighted by Gasteiger charge is -2.44. The number of hydrogen-bond acceptors (Lipinski definition) is 5. The SMILES string of the molecule is c1nc(CCN2CCN3CCCCC3C2)no1. The van der Waals surface area contributed by atoms with E-state index in [0.717, 1.165) is 24.8 Å². The van der Waals surface area contributed by atoms with Crippen LogP contribution in [-0.4, -0.2) is 58.7 Å². The summed E-state index contributed by atoms with van der Waals surface area (Å²) < 4.78 is 4.75. The predicted octanol–water partition coefficient (Wildman–Crippen LogP) is 0.782. The first kappa shape index (κ1) is 11.2. The lowest BCUT2D eigenvalue weighted by atomic mass is 9.99. The summed E-state index contributed by atoms with van der Waals surface area (Å²) >= 11 is 0. The van der Waals surface area contributed by atoms with Gasteiger partial charge in [0.05, 0.1) is 0 Å². The molecular formula is C12H20N4O. The summed E-state index contributed by atoms with van der Waals surface area (Å²) in [4.78, 5) is 9.27. The Kier molecular flexibility index (Phi) is 3.38. The van der Waals surface area contributed by atoms with Crippen LogP contribution in [0.2, 0.25) is 0 Å². The third-order valence-corrected chi connectivity index (χ3v) is 3.98. The van der Waals surface area contributed by atoms with Gasteiger partial charge in [0, 0.05) is 38.6 Å². The van der Waals surface area contributed by atoms with Gasteiger partial charge in [-0.15, -0.1) is 0 Å². The Bertz CT molecular complexity index is 340. The van der Waals surface area contributed by atoms with Crippen LogP contribution in [0.3, 0.4) is 0 Å². The minimum absolute atomic E-state index is 0.794. The normalized spacial score (nSPS) is 26.9. The number of piperidine rings is 1. The van der Waals surface area contributed by atoms with Gasteiger partial charge < -0.3 is 9.42 Å². The molecule has 1 aromatic rings. The summed E-state index contributed by atoms with van der Waals surface area (Å²) in [6, 6.07) is 0.794. The molecule has 1 aromatic heterocycles. The monoisotopic (exact) mass is 236 g/mol. The molecule has 0 bridgehead atoms. The van der Waals surface area contributed by atoms with Crippen molar-refractivity contribution in [1.29, 1.82) is 0 Å². The van der Waals surface area contributed by atoms with Crippen molar-refractivity contribution in [2.45, 2.75) is 31.7 Å². The number of piperazine rings is 1. The molecular weight excluding hydrogens is 216 g/mol. The van der Waals surface area contributed by atoms with Gasteiger partial charge in [-0.2, -0.15) is 4.98 Å². The van der Waals surface area contributed by atoms with Crippen LogP contribution in [0, 0.1) is 0 Å². The molecule has 94 valence electrons. The molecule has 0 saturated carbocycles. The maximum Gasteiger partial charge on any atom is 0.213 e. The van der Waals surface area contributed by atoms with E-state index in [1.54, 1.807) is 0 Å². The van der Waals surface area contributed by atoms with E-state index in [2.05, 4.69) is 19.9 Å². The lowest BCUT2D eigenvalue weighted by molar-refractivity contribution is 0.0497. The zero-order chi connectivity index (χ0) is 11.5. The third kappa shape index (κ3) is 2.66. The van der Waals surface area contributed by atoms with Gasteiger partial charge in [-0.25, -0.2) is 0 Å². The van der Waals surface area contributed by atoms with Crippen LogP contribution >= 0.6 is 0 Å². The second-order valence-corrected chi connectivity index (χ2v) is 5.08. The number of rotatable bonds is 3. The highest BCUT2D eigenvalue weighted by atomic mass is 16.5. The van der Waals surface area contributed by atoms with E-state index < -0.39 is 0 Å². The van der Waals surface area contributed by atoms with Crippen molar-refractivity contribution in [3.8, 4) is 0 Å². The topological polar surface area (TPSA) is 45.4 Å². The number of nitrogens with zero attached hydrogens (tertiary/aromatic N) is 4. The average Bonchev–Trinajstić information content (AvgIpc) is 2.89. The second kappa shape index (κ2) is 5.14. The first-order valence-corrected chi connectivity index (χ1v) is 6.63. The molecule has 0 aliphatic carbocycles. The average molecular weight is 236 g/mol. The van der Waals surface area contributed by atoms with Crippen molar-refractivity contribution in [2.24, 2.45) is 0 Å². The second-order valence-electron chi connectivity index (χ2n) is 5.08. The summed E-state index contributed by atoms with van der Waals surface area (Å²) in [6.45, 7) is 6.01. The minimum Gasteiger partial charge on any atom is -0.343 e. The first-order chi connectivity index (χ1) is 8.42. The van der Waals surface area contributed by atoms with Crippen molar-refractivity contribution >= 4 is 0 Å². The van der Waals surface area contributed by atoms with Crippen LogP contribution in [0.25, 0.3) is 0 Å². The molecule has 17 heavy (non-hydrogen) atoms. The Labute approximate surface area is 102 Å². The van der Waals surface area contributed by atoms with Gasteiger partial charge >= 0.3 is 0 Å². The van der Waals surface area contributed by atoms with E-state index in [-0.39, 0.29) is 0 Å². The quantitative estimate of drug-likeness (QED) is 0.776. The summed E-state index contributed by atoms with van der Waals surface area (Å²) in [5.74, 6) is 0.830. The van der Waals surface area contributed by atoms with Gasteiger partial charge in [-0.1, -0.05) is 11.6 Å². The Hall–Kier alpha value is -0.940. The molecule has 5 heteroatoms. The van der Waals surface area contributed by atoms with Gasteiger partial charge in [0.1, 0.15) is 0 Å². The predicted molar refractivity (Wildman–Crippen MR) is 63.7 cm³/mol. The Morgan fingerprint density at radius 1 is 1.29 bits per heavy atom. The van der Waals surface area contributed by atoms with Gasteiger partial charge in [-0.05, 0) is 19.4 Å². The zero-order valence-electron chi connectivity index (χ0n) is 10.2. The number of fused-ring (bicyclic) bond motifs is 1. The molecule has 0 amide bonds. The standard InChI is InChI=1S/C12H20N4O/c1-2-5-16-8-7-15(9-11(16)3-1)6-4-12-13-10-17-14-12/h10-11H,1-9H2. The van der Waals surface area contributed by atoms with Crippen LogP contribution < -0.4 is 0 Å². The van der Waals surface area contributed by atoms with E-state index in [1.807, 2.05) is 0 Å². The van der Waals surface area contributed by atoms with Crippen molar-refractivity contribution in [1.82, 2.24) is 19.9 Å². The largest absolute Gasteiger partial charge is 0.343 e. The fourth-order valence-electron chi connectivity index (χ4n) is 2.98. The molecule has 3 heterocycles. The van der Waals surface area contributed by atoms with Crippen molar-refractivity contribution < 1.29 is 4.52 Å². The lowest BCUT2D eigenvalue weighted by Crippen LogP contribution is -2.55. The van der Waals surface area contributed by atoms with E-state index in [9.17, 15) is 0 Å². The highest BCUT2D eigenvalue weighted by molar-refractivity contribution is 4.87. The molecule has 3 rings (SSSR count). The van der Waals surface area contributed by atoms with Crippen molar-refractivity contribution in [3.05, 3.63) is 12.2 Å². The molecule has 1 atom stereocenters. The molecule has 5 nitrogen and oxygen atoms in total. The van der Waals surface area contributed by atoms with Gasteiger partial charge in [0.15, 0.2) is 5.82 Å². The molecule has 2 saturated heterocycles. The summed E-state index contributed by atoms with van der Waals surface area (Å²) in [7, 11) is 0. The fourth-order valence-corrected chi connectivity index (χ4v) is 2.98. The number of aromatic nitrogens is 2. The van der Waals surface area contributed by atoms with Crippen molar-refractivity contribution in [2.75, 3.05) is 32.7 Å². The maximum atomic E-state index is 4.75. The zero-order valence-corrected chi connectivity index (χ0v) is 10.2. The van der Waals surface area contributed by atoms with Crippen molar-refractivity contribution in [3.63, 3.8) is 0 Å². The van der Waals surface area contributed by atoms with Gasteiger partial charge in [0.2, 0.25) is 6.39 Å². The minimum atomic E-state index is 0.794. The molecule has 0 spiro atoms. The van der Waals surface area contributed by atoms with Gasteiger partial charge in [0.25, 0.3) is 0 Å². The summed E-state index contributed by atoms with van der Waals surface area (Å²) in [5, 5.41) is 3.86. The Morgan fingerprint density at radius 3 is 3.18 bits per heavy atom. The van der Waals surface area contributed by atoms with E-state index in [1.165, 1.54) is 51.8 Å². The Morgan fingerprint density at radius 2 is 2.29 bits per heavy atom. The fraction of sp³-hybridized carbons (Fsp3) is 0.833. The third-order valence-electron chi connectivity index (χ3n) is 3.98. The summed E-state index contributed by atoms with van der Waals surface area (Å²) in [5.41, 5.74) is 0. The van der Waals surface area contributed by atoms with Gasteiger partial charge in [-0.3, -0.25) is 4.90 Å². The molecule has 0 N–H and O–H groups in total. The highest BCUT2D eigenvalue weighted by Crippen LogP contribution is 2.20. The highest BCUT2D eigenvalue weighted by Gasteiger charge is 2.28. The number of hydrogen-bond donors (Lipinski definition) is 0. The molecule has 2 fully saturated rings. The van der Waals surface area contributed by atoms with Crippen LogP contribution in [0.5, 0.6) is 0 Å². The van der Waals surface area contributed by atoms with E-state index >= 15 is 0 Å². The maximum absolute atomic E-state index is 4.75. The van der Waals surface area contributed by atoms with Crippen LogP contribution in [0.1, 0.15) is 25.1 Å². The Balaban J connectivity index is 1.48. The van der Waals surface area contributed by atoms with Crippen LogP contribution in [-0.2, 0) is 6.42 Å². The molecule has 2 aliphatic heterocycles. The summed E-state index contributed by atoms with van der Waals surface area (Å²) in [6.07, 6.45) is 6.48.